The SMILES string of the molecule is Cc1csc(-c2ccc(Cl)c(C)c2)n1. The number of aromatic nitrogens is 1. The molecule has 0 amide bonds. The maximum absolute atomic E-state index is 5.96. The van der Waals surface area contributed by atoms with Crippen LogP contribution in [0.3, 0.4) is 0 Å². The van der Waals surface area contributed by atoms with Crippen LogP contribution in [-0.2, 0) is 0 Å². The third-order valence-corrected chi connectivity index (χ3v) is 3.46. The Morgan fingerprint density at radius 3 is 2.64 bits per heavy atom. The highest BCUT2D eigenvalue weighted by molar-refractivity contribution is 7.13. The van der Waals surface area contributed by atoms with Crippen LogP contribution >= 0.6 is 22.9 Å². The number of thiazole rings is 1. The quantitative estimate of drug-likeness (QED) is 0.710. The van der Waals surface area contributed by atoms with Gasteiger partial charge in [0.05, 0.1) is 0 Å². The van der Waals surface area contributed by atoms with E-state index in [0.717, 1.165) is 26.9 Å². The van der Waals surface area contributed by atoms with E-state index in [4.69, 9.17) is 11.6 Å². The first-order valence-electron chi connectivity index (χ1n) is 4.35. The Kier molecular flexibility index (Phi) is 2.57. The molecule has 2 rings (SSSR count). The maximum Gasteiger partial charge on any atom is 0.123 e. The van der Waals surface area contributed by atoms with E-state index < -0.39 is 0 Å². The number of halogens is 1. The molecule has 72 valence electrons. The molecule has 14 heavy (non-hydrogen) atoms. The van der Waals surface area contributed by atoms with Crippen LogP contribution in [0.5, 0.6) is 0 Å². The van der Waals surface area contributed by atoms with Crippen LogP contribution in [0.1, 0.15) is 11.3 Å². The molecule has 1 nitrogen and oxygen atoms in total. The van der Waals surface area contributed by atoms with Gasteiger partial charge in [0, 0.05) is 21.7 Å². The monoisotopic (exact) mass is 223 g/mol. The van der Waals surface area contributed by atoms with E-state index in [1.54, 1.807) is 11.3 Å². The molecule has 1 aromatic carbocycles. The third kappa shape index (κ3) is 1.81. The summed E-state index contributed by atoms with van der Waals surface area (Å²) in [6.45, 7) is 4.01. The predicted octanol–water partition coefficient (Wildman–Crippen LogP) is 4.08. The zero-order valence-corrected chi connectivity index (χ0v) is 9.62. The van der Waals surface area contributed by atoms with Gasteiger partial charge in [0.1, 0.15) is 5.01 Å². The summed E-state index contributed by atoms with van der Waals surface area (Å²) >= 11 is 7.62. The Morgan fingerprint density at radius 1 is 1.29 bits per heavy atom. The van der Waals surface area contributed by atoms with Gasteiger partial charge in [-0.1, -0.05) is 17.7 Å². The average Bonchev–Trinajstić information content (AvgIpc) is 2.57. The van der Waals surface area contributed by atoms with Crippen LogP contribution in [0.25, 0.3) is 10.6 Å². The van der Waals surface area contributed by atoms with Crippen molar-refractivity contribution in [3.63, 3.8) is 0 Å². The Balaban J connectivity index is 2.47. The fraction of sp³-hybridized carbons (Fsp3) is 0.182. The molecule has 0 radical (unpaired) electrons. The minimum Gasteiger partial charge on any atom is -0.241 e. The van der Waals surface area contributed by atoms with Gasteiger partial charge in [-0.3, -0.25) is 0 Å². The van der Waals surface area contributed by atoms with Crippen LogP contribution in [0.4, 0.5) is 0 Å². The van der Waals surface area contributed by atoms with Gasteiger partial charge in [-0.05, 0) is 31.5 Å². The first kappa shape index (κ1) is 9.69. The van der Waals surface area contributed by atoms with Gasteiger partial charge in [0.25, 0.3) is 0 Å². The van der Waals surface area contributed by atoms with E-state index in [1.807, 2.05) is 26.0 Å². The molecule has 0 bridgehead atoms. The summed E-state index contributed by atoms with van der Waals surface area (Å²) < 4.78 is 0. The van der Waals surface area contributed by atoms with E-state index in [9.17, 15) is 0 Å². The van der Waals surface area contributed by atoms with Gasteiger partial charge in [0.2, 0.25) is 0 Å². The van der Waals surface area contributed by atoms with Gasteiger partial charge in [-0.2, -0.15) is 0 Å². The second kappa shape index (κ2) is 3.71. The fourth-order valence-corrected chi connectivity index (χ4v) is 2.18. The number of nitrogens with zero attached hydrogens (tertiary/aromatic N) is 1. The van der Waals surface area contributed by atoms with Gasteiger partial charge in [-0.15, -0.1) is 11.3 Å². The standard InChI is InChI=1S/C11H10ClNS/c1-7-5-9(3-4-10(7)12)11-13-8(2)6-14-11/h3-6H,1-2H3. The molecule has 0 aliphatic rings. The Labute approximate surface area is 92.4 Å². The summed E-state index contributed by atoms with van der Waals surface area (Å²) in [5.74, 6) is 0. The molecular formula is C11H10ClNS. The normalized spacial score (nSPS) is 10.5. The minimum atomic E-state index is 0.807. The summed E-state index contributed by atoms with van der Waals surface area (Å²) in [5, 5.41) is 3.92. The second-order valence-electron chi connectivity index (χ2n) is 3.26. The molecule has 0 N–H and O–H groups in total. The Morgan fingerprint density at radius 2 is 2.07 bits per heavy atom. The fourth-order valence-electron chi connectivity index (χ4n) is 1.26. The van der Waals surface area contributed by atoms with Crippen molar-refractivity contribution in [3.05, 3.63) is 39.9 Å². The lowest BCUT2D eigenvalue weighted by atomic mass is 10.1. The lowest BCUT2D eigenvalue weighted by molar-refractivity contribution is 1.27. The highest BCUT2D eigenvalue weighted by Crippen LogP contribution is 2.26. The number of hydrogen-bond donors (Lipinski definition) is 0. The lowest BCUT2D eigenvalue weighted by Gasteiger charge is -2.00. The highest BCUT2D eigenvalue weighted by Gasteiger charge is 2.03. The predicted molar refractivity (Wildman–Crippen MR) is 62.0 cm³/mol. The Bertz CT molecular complexity index is 462. The smallest absolute Gasteiger partial charge is 0.123 e. The molecule has 0 atom stereocenters. The molecule has 3 heteroatoms. The highest BCUT2D eigenvalue weighted by atomic mass is 35.5. The first-order valence-corrected chi connectivity index (χ1v) is 5.61. The van der Waals surface area contributed by atoms with Crippen molar-refractivity contribution in [2.45, 2.75) is 13.8 Å². The van der Waals surface area contributed by atoms with Crippen molar-refractivity contribution in [2.24, 2.45) is 0 Å². The van der Waals surface area contributed by atoms with Gasteiger partial charge < -0.3 is 0 Å². The van der Waals surface area contributed by atoms with Crippen LogP contribution in [0, 0.1) is 13.8 Å². The Hall–Kier alpha value is -0.860. The van der Waals surface area contributed by atoms with Crippen molar-refractivity contribution < 1.29 is 0 Å². The summed E-state index contributed by atoms with van der Waals surface area (Å²) in [6, 6.07) is 6.00. The zero-order chi connectivity index (χ0) is 10.1. The lowest BCUT2D eigenvalue weighted by Crippen LogP contribution is -1.80. The molecule has 2 aromatic rings. The second-order valence-corrected chi connectivity index (χ2v) is 4.52. The molecule has 0 spiro atoms. The third-order valence-electron chi connectivity index (χ3n) is 2.02. The molecule has 0 fully saturated rings. The van der Waals surface area contributed by atoms with Gasteiger partial charge >= 0.3 is 0 Å². The molecule has 0 aliphatic carbocycles. The van der Waals surface area contributed by atoms with E-state index in [-0.39, 0.29) is 0 Å². The van der Waals surface area contributed by atoms with Crippen LogP contribution in [0.2, 0.25) is 5.02 Å². The number of hydrogen-bond acceptors (Lipinski definition) is 2. The molecule has 1 aromatic heterocycles. The first-order chi connectivity index (χ1) is 6.66. The molecule has 0 saturated carbocycles. The van der Waals surface area contributed by atoms with Crippen LogP contribution < -0.4 is 0 Å². The van der Waals surface area contributed by atoms with Gasteiger partial charge in [0.15, 0.2) is 0 Å². The van der Waals surface area contributed by atoms with Crippen molar-refractivity contribution in [2.75, 3.05) is 0 Å². The molecular weight excluding hydrogens is 214 g/mol. The van der Waals surface area contributed by atoms with Crippen molar-refractivity contribution in [1.29, 1.82) is 0 Å². The van der Waals surface area contributed by atoms with Crippen molar-refractivity contribution in [3.8, 4) is 10.6 Å². The molecule has 0 aliphatic heterocycles. The van der Waals surface area contributed by atoms with Crippen molar-refractivity contribution in [1.82, 2.24) is 4.98 Å². The average molecular weight is 224 g/mol. The van der Waals surface area contributed by atoms with Crippen LogP contribution in [0.15, 0.2) is 23.6 Å². The summed E-state index contributed by atoms with van der Waals surface area (Å²) in [5.41, 5.74) is 3.31. The van der Waals surface area contributed by atoms with E-state index in [0.29, 0.717) is 0 Å². The zero-order valence-electron chi connectivity index (χ0n) is 8.04. The maximum atomic E-state index is 5.96. The largest absolute Gasteiger partial charge is 0.241 e. The van der Waals surface area contributed by atoms with E-state index in [1.165, 1.54) is 0 Å². The topological polar surface area (TPSA) is 12.9 Å². The molecule has 0 saturated heterocycles. The molecule has 0 unspecified atom stereocenters. The summed E-state index contributed by atoms with van der Waals surface area (Å²) in [6.07, 6.45) is 0. The summed E-state index contributed by atoms with van der Waals surface area (Å²) in [4.78, 5) is 4.43. The van der Waals surface area contributed by atoms with E-state index in [2.05, 4.69) is 16.4 Å². The summed E-state index contributed by atoms with van der Waals surface area (Å²) in [7, 11) is 0. The molecule has 1 heterocycles. The number of aryl methyl sites for hydroxylation is 2. The van der Waals surface area contributed by atoms with Gasteiger partial charge in [-0.25, -0.2) is 4.98 Å². The number of benzene rings is 1. The number of rotatable bonds is 1. The van der Waals surface area contributed by atoms with E-state index >= 15 is 0 Å². The van der Waals surface area contributed by atoms with Crippen molar-refractivity contribution >= 4 is 22.9 Å². The van der Waals surface area contributed by atoms with Crippen LogP contribution in [-0.4, -0.2) is 4.98 Å². The minimum absolute atomic E-state index is 0.807.